The molecule has 1 aliphatic rings. The lowest BCUT2D eigenvalue weighted by Gasteiger charge is -2.31. The minimum absolute atomic E-state index is 0.134. The lowest BCUT2D eigenvalue weighted by Crippen LogP contribution is -2.44. The monoisotopic (exact) mass is 294 g/mol. The largest absolute Gasteiger partial charge is 0.393 e. The number of amides is 1. The van der Waals surface area contributed by atoms with Crippen LogP contribution in [0.4, 0.5) is 0 Å². The van der Waals surface area contributed by atoms with Crippen LogP contribution < -0.4 is 0 Å². The molecule has 0 bridgehead atoms. The summed E-state index contributed by atoms with van der Waals surface area (Å²) in [5.74, 6) is 0.134. The second-order valence-corrected chi connectivity index (χ2v) is 6.18. The number of thiophene rings is 1. The topological polar surface area (TPSA) is 43.8 Å². The number of nitrogens with zero attached hydrogens (tertiary/aromatic N) is 2. The lowest BCUT2D eigenvalue weighted by molar-refractivity contribution is -0.133. The van der Waals surface area contributed by atoms with Gasteiger partial charge in [0.05, 0.1) is 19.2 Å². The van der Waals surface area contributed by atoms with Gasteiger partial charge in [0, 0.05) is 24.5 Å². The summed E-state index contributed by atoms with van der Waals surface area (Å²) in [6.07, 6.45) is 3.10. The van der Waals surface area contributed by atoms with E-state index in [2.05, 4.69) is 11.5 Å². The highest BCUT2D eigenvalue weighted by Gasteiger charge is 2.21. The summed E-state index contributed by atoms with van der Waals surface area (Å²) >= 11 is 1.67. The fourth-order valence-corrected chi connectivity index (χ4v) is 3.09. The SMILES string of the molecule is C=CCN(Cc1cccs1)C(=O)CN1CCC(O)CC1. The predicted molar refractivity (Wildman–Crippen MR) is 81.6 cm³/mol. The summed E-state index contributed by atoms with van der Waals surface area (Å²) in [5.41, 5.74) is 0. The van der Waals surface area contributed by atoms with E-state index in [4.69, 9.17) is 0 Å². The van der Waals surface area contributed by atoms with Crippen LogP contribution in [-0.4, -0.2) is 53.1 Å². The average Bonchev–Trinajstić information content (AvgIpc) is 2.94. The highest BCUT2D eigenvalue weighted by molar-refractivity contribution is 7.09. The van der Waals surface area contributed by atoms with Crippen LogP contribution in [0.15, 0.2) is 30.2 Å². The van der Waals surface area contributed by atoms with Crippen LogP contribution in [0, 0.1) is 0 Å². The second-order valence-electron chi connectivity index (χ2n) is 5.15. The summed E-state index contributed by atoms with van der Waals surface area (Å²) in [4.78, 5) is 17.5. The van der Waals surface area contributed by atoms with Gasteiger partial charge in [0.15, 0.2) is 0 Å². The minimum atomic E-state index is -0.197. The molecule has 1 saturated heterocycles. The van der Waals surface area contributed by atoms with E-state index in [0.29, 0.717) is 19.6 Å². The second kappa shape index (κ2) is 7.57. The first-order valence-corrected chi connectivity index (χ1v) is 7.88. The molecule has 4 nitrogen and oxygen atoms in total. The van der Waals surface area contributed by atoms with Crippen LogP contribution >= 0.6 is 11.3 Å². The molecule has 20 heavy (non-hydrogen) atoms. The maximum absolute atomic E-state index is 12.4. The first-order valence-electron chi connectivity index (χ1n) is 7.00. The Morgan fingerprint density at radius 1 is 1.55 bits per heavy atom. The third-order valence-electron chi connectivity index (χ3n) is 3.54. The Labute approximate surface area is 124 Å². The van der Waals surface area contributed by atoms with Crippen molar-refractivity contribution in [1.29, 1.82) is 0 Å². The molecular weight excluding hydrogens is 272 g/mol. The van der Waals surface area contributed by atoms with Crippen molar-refractivity contribution in [1.82, 2.24) is 9.80 Å². The average molecular weight is 294 g/mol. The highest BCUT2D eigenvalue weighted by Crippen LogP contribution is 2.14. The number of carbonyl (C=O) groups is 1. The van der Waals surface area contributed by atoms with E-state index in [1.807, 2.05) is 22.4 Å². The number of piperidine rings is 1. The van der Waals surface area contributed by atoms with Gasteiger partial charge in [0.25, 0.3) is 0 Å². The Kier molecular flexibility index (Phi) is 5.76. The molecule has 0 atom stereocenters. The number of hydrogen-bond acceptors (Lipinski definition) is 4. The van der Waals surface area contributed by atoms with E-state index in [9.17, 15) is 9.90 Å². The molecule has 5 heteroatoms. The standard InChI is InChI=1S/C15H22N2O2S/c1-2-7-17(11-14-4-3-10-20-14)15(19)12-16-8-5-13(18)6-9-16/h2-4,10,13,18H,1,5-9,11-12H2. The molecule has 0 spiro atoms. The molecule has 0 unspecified atom stereocenters. The molecular formula is C15H22N2O2S. The van der Waals surface area contributed by atoms with Crippen molar-refractivity contribution in [2.45, 2.75) is 25.5 Å². The molecule has 0 aliphatic carbocycles. The molecule has 0 aromatic carbocycles. The van der Waals surface area contributed by atoms with Gasteiger partial charge in [-0.1, -0.05) is 12.1 Å². The van der Waals surface area contributed by atoms with Crippen molar-refractivity contribution in [2.75, 3.05) is 26.2 Å². The van der Waals surface area contributed by atoms with Crippen LogP contribution in [0.3, 0.4) is 0 Å². The molecule has 2 rings (SSSR count). The summed E-state index contributed by atoms with van der Waals surface area (Å²) in [5, 5.41) is 11.5. The first-order chi connectivity index (χ1) is 9.69. The van der Waals surface area contributed by atoms with Gasteiger partial charge in [-0.05, 0) is 24.3 Å². The zero-order valence-corrected chi connectivity index (χ0v) is 12.5. The van der Waals surface area contributed by atoms with Crippen LogP contribution in [0.1, 0.15) is 17.7 Å². The molecule has 1 aliphatic heterocycles. The maximum Gasteiger partial charge on any atom is 0.237 e. The number of likely N-dealkylation sites (tertiary alicyclic amines) is 1. The van der Waals surface area contributed by atoms with E-state index in [0.717, 1.165) is 25.9 Å². The fourth-order valence-electron chi connectivity index (χ4n) is 2.37. The highest BCUT2D eigenvalue weighted by atomic mass is 32.1. The van der Waals surface area contributed by atoms with Crippen molar-refractivity contribution in [3.63, 3.8) is 0 Å². The van der Waals surface area contributed by atoms with Gasteiger partial charge < -0.3 is 10.0 Å². The first kappa shape index (κ1) is 15.2. The minimum Gasteiger partial charge on any atom is -0.393 e. The molecule has 110 valence electrons. The molecule has 2 heterocycles. The number of rotatable bonds is 6. The van der Waals surface area contributed by atoms with E-state index >= 15 is 0 Å². The summed E-state index contributed by atoms with van der Waals surface area (Å²) in [6.45, 7) is 7.00. The number of aliphatic hydroxyl groups is 1. The summed E-state index contributed by atoms with van der Waals surface area (Å²) < 4.78 is 0. The number of carbonyl (C=O) groups excluding carboxylic acids is 1. The fraction of sp³-hybridized carbons (Fsp3) is 0.533. The molecule has 1 aromatic heterocycles. The summed E-state index contributed by atoms with van der Waals surface area (Å²) in [6, 6.07) is 4.05. The van der Waals surface area contributed by atoms with E-state index < -0.39 is 0 Å². The predicted octanol–water partition coefficient (Wildman–Crippen LogP) is 1.72. The lowest BCUT2D eigenvalue weighted by atomic mass is 10.1. The Hall–Kier alpha value is -1.17. The Bertz CT molecular complexity index is 425. The maximum atomic E-state index is 12.4. The Morgan fingerprint density at radius 3 is 2.90 bits per heavy atom. The van der Waals surface area contributed by atoms with Gasteiger partial charge in [-0.15, -0.1) is 17.9 Å². The van der Waals surface area contributed by atoms with Crippen molar-refractivity contribution in [3.05, 3.63) is 35.0 Å². The van der Waals surface area contributed by atoms with Crippen molar-refractivity contribution >= 4 is 17.2 Å². The van der Waals surface area contributed by atoms with E-state index in [1.54, 1.807) is 17.4 Å². The third-order valence-corrected chi connectivity index (χ3v) is 4.41. The molecule has 0 saturated carbocycles. The zero-order valence-electron chi connectivity index (χ0n) is 11.7. The molecule has 1 N–H and O–H groups in total. The van der Waals surface area contributed by atoms with Crippen molar-refractivity contribution < 1.29 is 9.90 Å². The van der Waals surface area contributed by atoms with Crippen molar-refractivity contribution in [3.8, 4) is 0 Å². The quantitative estimate of drug-likeness (QED) is 0.813. The molecule has 1 aromatic rings. The van der Waals surface area contributed by atoms with E-state index in [1.165, 1.54) is 4.88 Å². The molecule has 0 radical (unpaired) electrons. The normalized spacial score (nSPS) is 17.1. The Morgan fingerprint density at radius 2 is 2.30 bits per heavy atom. The van der Waals surface area contributed by atoms with Gasteiger partial charge in [0.1, 0.15) is 0 Å². The third kappa shape index (κ3) is 4.44. The zero-order chi connectivity index (χ0) is 14.4. The van der Waals surface area contributed by atoms with Crippen LogP contribution in [0.25, 0.3) is 0 Å². The van der Waals surface area contributed by atoms with E-state index in [-0.39, 0.29) is 12.0 Å². The van der Waals surface area contributed by atoms with Gasteiger partial charge in [-0.3, -0.25) is 9.69 Å². The van der Waals surface area contributed by atoms with Gasteiger partial charge >= 0.3 is 0 Å². The smallest absolute Gasteiger partial charge is 0.237 e. The van der Waals surface area contributed by atoms with Crippen LogP contribution in [-0.2, 0) is 11.3 Å². The molecule has 1 amide bonds. The van der Waals surface area contributed by atoms with Gasteiger partial charge in [0.2, 0.25) is 5.91 Å². The summed E-state index contributed by atoms with van der Waals surface area (Å²) in [7, 11) is 0. The number of hydrogen-bond donors (Lipinski definition) is 1. The van der Waals surface area contributed by atoms with Crippen LogP contribution in [0.5, 0.6) is 0 Å². The van der Waals surface area contributed by atoms with Gasteiger partial charge in [-0.2, -0.15) is 0 Å². The molecule has 1 fully saturated rings. The van der Waals surface area contributed by atoms with Gasteiger partial charge in [-0.25, -0.2) is 0 Å². The Balaban J connectivity index is 1.87. The van der Waals surface area contributed by atoms with Crippen LogP contribution in [0.2, 0.25) is 0 Å². The number of aliphatic hydroxyl groups excluding tert-OH is 1. The van der Waals surface area contributed by atoms with Crippen molar-refractivity contribution in [2.24, 2.45) is 0 Å².